The summed E-state index contributed by atoms with van der Waals surface area (Å²) in [7, 11) is 6.89. The summed E-state index contributed by atoms with van der Waals surface area (Å²) in [6.07, 6.45) is 5.39. The largest absolute Gasteiger partial charge is 0.0795 e. The third kappa shape index (κ3) is 1.31. The topological polar surface area (TPSA) is 0 Å². The van der Waals surface area contributed by atoms with Gasteiger partial charge in [0, 0.05) is 4.90 Å². The number of hydrogen-bond acceptors (Lipinski definition) is 1. The van der Waals surface area contributed by atoms with Crippen molar-refractivity contribution in [3.05, 3.63) is 35.4 Å². The highest BCUT2D eigenvalue weighted by atomic mass is 35.7. The van der Waals surface area contributed by atoms with Gasteiger partial charge in [-0.25, -0.2) is 0 Å². The quantitative estimate of drug-likeness (QED) is 0.641. The monoisotopic (exact) mass is 182 g/mol. The summed E-state index contributed by atoms with van der Waals surface area (Å²) < 4.78 is 0. The molecular formula is C9H7ClS. The maximum atomic E-state index is 5.62. The van der Waals surface area contributed by atoms with Crippen LogP contribution in [0.3, 0.4) is 0 Å². The second-order valence-corrected chi connectivity index (χ2v) is 3.63. The van der Waals surface area contributed by atoms with Crippen LogP contribution in [0.5, 0.6) is 0 Å². The highest BCUT2D eigenvalue weighted by Crippen LogP contribution is 2.27. The van der Waals surface area contributed by atoms with E-state index in [1.165, 1.54) is 22.1 Å². The summed E-state index contributed by atoms with van der Waals surface area (Å²) in [6, 6.07) is 6.32. The molecule has 0 heterocycles. The first-order valence-corrected chi connectivity index (χ1v) is 5.12. The smallest absolute Gasteiger partial charge is 0.0239 e. The highest BCUT2D eigenvalue weighted by molar-refractivity contribution is 8.21. The molecule has 0 radical (unpaired) electrons. The number of benzene rings is 1. The molecule has 2 rings (SSSR count). The van der Waals surface area contributed by atoms with Gasteiger partial charge in [-0.1, -0.05) is 18.2 Å². The van der Waals surface area contributed by atoms with E-state index in [1.807, 2.05) is 0 Å². The van der Waals surface area contributed by atoms with Gasteiger partial charge in [0.2, 0.25) is 0 Å². The molecule has 0 saturated heterocycles. The van der Waals surface area contributed by atoms with Crippen LogP contribution >= 0.6 is 21.7 Å². The predicted octanol–water partition coefficient (Wildman–Crippen LogP) is 3.50. The molecule has 11 heavy (non-hydrogen) atoms. The van der Waals surface area contributed by atoms with Crippen LogP contribution in [0.15, 0.2) is 29.2 Å². The normalized spacial score (nSPS) is 13.5. The fraction of sp³-hybridized carbons (Fsp3) is 0.111. The third-order valence-corrected chi connectivity index (χ3v) is 2.81. The van der Waals surface area contributed by atoms with Crippen LogP contribution in [0.2, 0.25) is 0 Å². The predicted molar refractivity (Wildman–Crippen MR) is 50.9 cm³/mol. The van der Waals surface area contributed by atoms with Crippen LogP contribution in [-0.4, -0.2) is 0 Å². The van der Waals surface area contributed by atoms with Gasteiger partial charge in [0.25, 0.3) is 0 Å². The highest BCUT2D eigenvalue weighted by Gasteiger charge is 2.04. The van der Waals surface area contributed by atoms with Gasteiger partial charge >= 0.3 is 0 Å². The van der Waals surface area contributed by atoms with Gasteiger partial charge < -0.3 is 0 Å². The van der Waals surface area contributed by atoms with Crippen LogP contribution in [0, 0.1) is 0 Å². The molecule has 2 heteroatoms. The summed E-state index contributed by atoms with van der Waals surface area (Å²) in [5.74, 6) is 0. The molecule has 0 atom stereocenters. The average molecular weight is 183 g/mol. The molecule has 0 N–H and O–H groups in total. The van der Waals surface area contributed by atoms with Crippen molar-refractivity contribution in [1.29, 1.82) is 0 Å². The first-order valence-electron chi connectivity index (χ1n) is 3.48. The lowest BCUT2D eigenvalue weighted by Crippen LogP contribution is -1.80. The van der Waals surface area contributed by atoms with E-state index in [-0.39, 0.29) is 0 Å². The Labute approximate surface area is 74.8 Å². The lowest BCUT2D eigenvalue weighted by atomic mass is 10.1. The number of fused-ring (bicyclic) bond motifs is 1. The summed E-state index contributed by atoms with van der Waals surface area (Å²) in [4.78, 5) is 1.12. The van der Waals surface area contributed by atoms with E-state index >= 15 is 0 Å². The molecule has 1 aliphatic rings. The standard InChI is InChI=1S/C9H7ClS/c10-11-9-5-4-7-2-1-3-8(7)6-9/h1,3-6H,2H2. The van der Waals surface area contributed by atoms with Crippen LogP contribution in [0.25, 0.3) is 6.08 Å². The van der Waals surface area contributed by atoms with Gasteiger partial charge in [0.15, 0.2) is 0 Å². The van der Waals surface area contributed by atoms with Crippen molar-refractivity contribution in [3.8, 4) is 0 Å². The minimum Gasteiger partial charge on any atom is -0.0795 e. The fourth-order valence-corrected chi connectivity index (χ4v) is 1.85. The van der Waals surface area contributed by atoms with Gasteiger partial charge in [-0.05, 0) is 51.3 Å². The van der Waals surface area contributed by atoms with Gasteiger partial charge in [0.1, 0.15) is 0 Å². The lowest BCUT2D eigenvalue weighted by Gasteiger charge is -1.99. The first kappa shape index (κ1) is 7.26. The van der Waals surface area contributed by atoms with E-state index in [0.29, 0.717) is 0 Å². The molecule has 56 valence electrons. The maximum Gasteiger partial charge on any atom is 0.0239 e. The number of hydrogen-bond donors (Lipinski definition) is 0. The Hall–Kier alpha value is -0.400. The minimum absolute atomic E-state index is 1.07. The van der Waals surface area contributed by atoms with Crippen LogP contribution in [0.4, 0.5) is 0 Å². The SMILES string of the molecule is ClSc1ccc2c(c1)C=CC2. The molecule has 1 aromatic carbocycles. The van der Waals surface area contributed by atoms with Crippen molar-refractivity contribution in [2.45, 2.75) is 11.3 Å². The lowest BCUT2D eigenvalue weighted by molar-refractivity contribution is 1.28. The van der Waals surface area contributed by atoms with Crippen molar-refractivity contribution < 1.29 is 0 Å². The zero-order chi connectivity index (χ0) is 7.68. The van der Waals surface area contributed by atoms with Crippen molar-refractivity contribution in [3.63, 3.8) is 0 Å². The molecule has 0 aliphatic heterocycles. The van der Waals surface area contributed by atoms with Gasteiger partial charge in [-0.15, -0.1) is 0 Å². The molecule has 0 bridgehead atoms. The van der Waals surface area contributed by atoms with Crippen LogP contribution in [0.1, 0.15) is 11.1 Å². The van der Waals surface area contributed by atoms with Crippen molar-refractivity contribution in [2.75, 3.05) is 0 Å². The molecule has 0 saturated carbocycles. The Bertz CT molecular complexity index is 304. The van der Waals surface area contributed by atoms with E-state index in [0.717, 1.165) is 11.3 Å². The molecule has 0 unspecified atom stereocenters. The Morgan fingerprint density at radius 1 is 1.36 bits per heavy atom. The van der Waals surface area contributed by atoms with Crippen LogP contribution in [-0.2, 0) is 6.42 Å². The summed E-state index contributed by atoms with van der Waals surface area (Å²) in [5, 5.41) is 0. The van der Waals surface area contributed by atoms with Crippen molar-refractivity contribution in [1.82, 2.24) is 0 Å². The third-order valence-electron chi connectivity index (χ3n) is 1.84. The number of rotatable bonds is 1. The fourth-order valence-electron chi connectivity index (χ4n) is 1.27. The van der Waals surface area contributed by atoms with E-state index in [2.05, 4.69) is 30.4 Å². The molecule has 1 aliphatic carbocycles. The minimum atomic E-state index is 1.07. The second-order valence-electron chi connectivity index (χ2n) is 2.54. The van der Waals surface area contributed by atoms with E-state index < -0.39 is 0 Å². The Morgan fingerprint density at radius 2 is 2.27 bits per heavy atom. The zero-order valence-corrected chi connectivity index (χ0v) is 7.45. The summed E-state index contributed by atoms with van der Waals surface area (Å²) in [6.45, 7) is 0. The van der Waals surface area contributed by atoms with Gasteiger partial charge in [-0.3, -0.25) is 0 Å². The molecular weight excluding hydrogens is 176 g/mol. The second kappa shape index (κ2) is 2.92. The summed E-state index contributed by atoms with van der Waals surface area (Å²) in [5.41, 5.74) is 2.72. The Balaban J connectivity index is 2.47. The number of allylic oxidation sites excluding steroid dienone is 1. The van der Waals surface area contributed by atoms with E-state index in [9.17, 15) is 0 Å². The average Bonchev–Trinajstić information content (AvgIpc) is 2.50. The maximum absolute atomic E-state index is 5.62. The Morgan fingerprint density at radius 3 is 3.09 bits per heavy atom. The molecule has 0 fully saturated rings. The molecule has 0 spiro atoms. The molecule has 0 nitrogen and oxygen atoms in total. The summed E-state index contributed by atoms with van der Waals surface area (Å²) >= 11 is 0. The van der Waals surface area contributed by atoms with Crippen molar-refractivity contribution in [2.24, 2.45) is 0 Å². The molecule has 0 aromatic heterocycles. The van der Waals surface area contributed by atoms with Crippen LogP contribution < -0.4 is 0 Å². The molecule has 0 amide bonds. The van der Waals surface area contributed by atoms with Crippen molar-refractivity contribution >= 4 is 27.7 Å². The van der Waals surface area contributed by atoms with E-state index in [1.54, 1.807) is 0 Å². The first-order chi connectivity index (χ1) is 5.40. The van der Waals surface area contributed by atoms with E-state index in [4.69, 9.17) is 10.7 Å². The van der Waals surface area contributed by atoms with Gasteiger partial charge in [-0.2, -0.15) is 0 Å². The zero-order valence-electron chi connectivity index (χ0n) is 5.88. The van der Waals surface area contributed by atoms with Gasteiger partial charge in [0.05, 0.1) is 0 Å². The number of halogens is 1. The molecule has 1 aromatic rings. The Kier molecular flexibility index (Phi) is 1.93.